The van der Waals surface area contributed by atoms with Crippen molar-refractivity contribution < 1.29 is 4.74 Å². The van der Waals surface area contributed by atoms with Crippen LogP contribution in [0.4, 0.5) is 5.69 Å². The van der Waals surface area contributed by atoms with Crippen LogP contribution >= 0.6 is 11.3 Å². The van der Waals surface area contributed by atoms with E-state index in [0.717, 1.165) is 25.2 Å². The lowest BCUT2D eigenvalue weighted by Gasteiger charge is -2.18. The zero-order chi connectivity index (χ0) is 12.4. The average molecular weight is 259 g/mol. The Labute approximate surface area is 112 Å². The molecule has 0 aliphatic carbocycles. The summed E-state index contributed by atoms with van der Waals surface area (Å²) in [6.07, 6.45) is 2.12. The van der Waals surface area contributed by atoms with Crippen LogP contribution in [0, 0.1) is 0 Å². The second kappa shape index (κ2) is 5.02. The van der Waals surface area contributed by atoms with Gasteiger partial charge >= 0.3 is 0 Å². The highest BCUT2D eigenvalue weighted by atomic mass is 32.1. The summed E-state index contributed by atoms with van der Waals surface area (Å²) in [4.78, 5) is 0. The Morgan fingerprint density at radius 2 is 2.33 bits per heavy atom. The molecule has 94 valence electrons. The predicted molar refractivity (Wildman–Crippen MR) is 76.6 cm³/mol. The SMILES string of the molecule is CCC(Nc1ccsc1)c1ccc2c(c1)CCO2. The molecular weight excluding hydrogens is 242 g/mol. The summed E-state index contributed by atoms with van der Waals surface area (Å²) in [6, 6.07) is 9.08. The number of fused-ring (bicyclic) bond motifs is 1. The summed E-state index contributed by atoms with van der Waals surface area (Å²) in [5, 5.41) is 7.84. The minimum absolute atomic E-state index is 0.380. The highest BCUT2D eigenvalue weighted by Crippen LogP contribution is 2.31. The van der Waals surface area contributed by atoms with Crippen molar-refractivity contribution in [2.24, 2.45) is 0 Å². The third kappa shape index (κ3) is 2.23. The van der Waals surface area contributed by atoms with E-state index in [-0.39, 0.29) is 0 Å². The van der Waals surface area contributed by atoms with Crippen molar-refractivity contribution in [1.29, 1.82) is 0 Å². The van der Waals surface area contributed by atoms with Gasteiger partial charge < -0.3 is 10.1 Å². The van der Waals surface area contributed by atoms with E-state index in [1.54, 1.807) is 11.3 Å². The topological polar surface area (TPSA) is 21.3 Å². The van der Waals surface area contributed by atoms with E-state index >= 15 is 0 Å². The molecule has 0 fully saturated rings. The van der Waals surface area contributed by atoms with Crippen molar-refractivity contribution >= 4 is 17.0 Å². The van der Waals surface area contributed by atoms with Gasteiger partial charge in [-0.2, -0.15) is 11.3 Å². The summed E-state index contributed by atoms with van der Waals surface area (Å²) >= 11 is 1.72. The van der Waals surface area contributed by atoms with Crippen molar-refractivity contribution in [3.8, 4) is 5.75 Å². The van der Waals surface area contributed by atoms with E-state index in [0.29, 0.717) is 6.04 Å². The van der Waals surface area contributed by atoms with Gasteiger partial charge in [-0.25, -0.2) is 0 Å². The number of hydrogen-bond donors (Lipinski definition) is 1. The fourth-order valence-corrected chi connectivity index (χ4v) is 2.99. The summed E-state index contributed by atoms with van der Waals surface area (Å²) in [6.45, 7) is 3.04. The smallest absolute Gasteiger partial charge is 0.122 e. The molecule has 3 rings (SSSR count). The largest absolute Gasteiger partial charge is 0.493 e. The number of benzene rings is 1. The first-order valence-electron chi connectivity index (χ1n) is 6.41. The lowest BCUT2D eigenvalue weighted by Crippen LogP contribution is -2.09. The maximum Gasteiger partial charge on any atom is 0.122 e. The van der Waals surface area contributed by atoms with Gasteiger partial charge in [0.1, 0.15) is 5.75 Å². The zero-order valence-corrected chi connectivity index (χ0v) is 11.3. The molecule has 2 nitrogen and oxygen atoms in total. The fourth-order valence-electron chi connectivity index (χ4n) is 2.39. The molecule has 0 spiro atoms. The Morgan fingerprint density at radius 3 is 3.11 bits per heavy atom. The molecule has 2 heterocycles. The third-order valence-corrected chi connectivity index (χ3v) is 4.07. The van der Waals surface area contributed by atoms with Gasteiger partial charge in [0.05, 0.1) is 12.6 Å². The molecule has 1 aliphatic rings. The van der Waals surface area contributed by atoms with Crippen molar-refractivity contribution in [1.82, 2.24) is 0 Å². The van der Waals surface area contributed by atoms with Crippen LogP contribution < -0.4 is 10.1 Å². The molecule has 1 aliphatic heterocycles. The lowest BCUT2D eigenvalue weighted by atomic mass is 10.0. The van der Waals surface area contributed by atoms with Gasteiger partial charge in [0.25, 0.3) is 0 Å². The molecule has 1 N–H and O–H groups in total. The van der Waals surface area contributed by atoms with Gasteiger partial charge in [0, 0.05) is 17.5 Å². The van der Waals surface area contributed by atoms with E-state index in [9.17, 15) is 0 Å². The Morgan fingerprint density at radius 1 is 1.39 bits per heavy atom. The minimum Gasteiger partial charge on any atom is -0.493 e. The Kier molecular flexibility index (Phi) is 3.24. The fraction of sp³-hybridized carbons (Fsp3) is 0.333. The molecule has 3 heteroatoms. The number of nitrogens with one attached hydrogen (secondary N) is 1. The van der Waals surface area contributed by atoms with Crippen molar-refractivity contribution in [3.05, 3.63) is 46.2 Å². The monoisotopic (exact) mass is 259 g/mol. The summed E-state index contributed by atoms with van der Waals surface area (Å²) < 4.78 is 5.55. The van der Waals surface area contributed by atoms with Crippen molar-refractivity contribution in [2.45, 2.75) is 25.8 Å². The van der Waals surface area contributed by atoms with Gasteiger partial charge in [0.2, 0.25) is 0 Å². The molecule has 0 radical (unpaired) electrons. The molecule has 0 saturated heterocycles. The van der Waals surface area contributed by atoms with Gasteiger partial charge in [-0.3, -0.25) is 0 Å². The number of hydrogen-bond acceptors (Lipinski definition) is 3. The standard InChI is InChI=1S/C15H17NOS/c1-2-14(16-13-6-8-18-10-13)11-3-4-15-12(9-11)5-7-17-15/h3-4,6,8-10,14,16H,2,5,7H2,1H3. The summed E-state index contributed by atoms with van der Waals surface area (Å²) in [5.41, 5.74) is 3.91. The Bertz CT molecular complexity index is 521. The molecule has 0 amide bonds. The van der Waals surface area contributed by atoms with Crippen LogP contribution in [0.5, 0.6) is 5.75 Å². The highest BCUT2D eigenvalue weighted by Gasteiger charge is 2.16. The number of rotatable bonds is 4. The quantitative estimate of drug-likeness (QED) is 0.886. The van der Waals surface area contributed by atoms with Gasteiger partial charge in [-0.05, 0) is 41.1 Å². The summed E-state index contributed by atoms with van der Waals surface area (Å²) in [5.74, 6) is 1.06. The first-order chi connectivity index (χ1) is 8.86. The molecule has 1 aromatic heterocycles. The Balaban J connectivity index is 1.83. The molecule has 1 atom stereocenters. The van der Waals surface area contributed by atoms with Crippen molar-refractivity contribution in [2.75, 3.05) is 11.9 Å². The molecule has 18 heavy (non-hydrogen) atoms. The zero-order valence-electron chi connectivity index (χ0n) is 10.5. The highest BCUT2D eigenvalue weighted by molar-refractivity contribution is 7.08. The van der Waals surface area contributed by atoms with E-state index in [2.05, 4.69) is 47.3 Å². The molecule has 1 unspecified atom stereocenters. The van der Waals surface area contributed by atoms with E-state index < -0.39 is 0 Å². The van der Waals surface area contributed by atoms with E-state index in [1.807, 2.05) is 0 Å². The van der Waals surface area contributed by atoms with Gasteiger partial charge in [-0.15, -0.1) is 0 Å². The first-order valence-corrected chi connectivity index (χ1v) is 7.35. The molecule has 2 aromatic rings. The van der Waals surface area contributed by atoms with Gasteiger partial charge in [-0.1, -0.05) is 13.0 Å². The third-order valence-electron chi connectivity index (χ3n) is 3.39. The van der Waals surface area contributed by atoms with Crippen molar-refractivity contribution in [3.63, 3.8) is 0 Å². The predicted octanol–water partition coefficient (Wildman–Crippen LogP) is 4.25. The minimum atomic E-state index is 0.380. The number of ether oxygens (including phenoxy) is 1. The normalized spacial score (nSPS) is 14.9. The lowest BCUT2D eigenvalue weighted by molar-refractivity contribution is 0.357. The number of thiophene rings is 1. The van der Waals surface area contributed by atoms with Gasteiger partial charge in [0.15, 0.2) is 0 Å². The van der Waals surface area contributed by atoms with Crippen LogP contribution in [0.1, 0.15) is 30.5 Å². The van der Waals surface area contributed by atoms with E-state index in [4.69, 9.17) is 4.74 Å². The van der Waals surface area contributed by atoms with Crippen LogP contribution in [-0.2, 0) is 6.42 Å². The molecule has 0 saturated carbocycles. The maximum atomic E-state index is 5.55. The summed E-state index contributed by atoms with van der Waals surface area (Å²) in [7, 11) is 0. The molecule has 1 aromatic carbocycles. The van der Waals surface area contributed by atoms with Crippen LogP contribution in [-0.4, -0.2) is 6.61 Å². The number of anilines is 1. The maximum absolute atomic E-state index is 5.55. The average Bonchev–Trinajstić information content (AvgIpc) is 3.06. The van der Waals surface area contributed by atoms with Crippen LogP contribution in [0.25, 0.3) is 0 Å². The second-order valence-corrected chi connectivity index (χ2v) is 5.36. The second-order valence-electron chi connectivity index (χ2n) is 4.58. The molecular formula is C15H17NOS. The molecule has 0 bridgehead atoms. The first kappa shape index (κ1) is 11.6. The Hall–Kier alpha value is -1.48. The van der Waals surface area contributed by atoms with Crippen LogP contribution in [0.15, 0.2) is 35.0 Å². The van der Waals surface area contributed by atoms with E-state index in [1.165, 1.54) is 16.8 Å². The van der Waals surface area contributed by atoms with Crippen LogP contribution in [0.3, 0.4) is 0 Å². The van der Waals surface area contributed by atoms with Crippen LogP contribution in [0.2, 0.25) is 0 Å².